The van der Waals surface area contributed by atoms with E-state index in [9.17, 15) is 5.11 Å². The summed E-state index contributed by atoms with van der Waals surface area (Å²) in [6.45, 7) is 1.91. The van der Waals surface area contributed by atoms with Gasteiger partial charge in [-0.25, -0.2) is 0 Å². The molecular formula is C16H22BrNO2. The van der Waals surface area contributed by atoms with Gasteiger partial charge in [0.1, 0.15) is 0 Å². The van der Waals surface area contributed by atoms with Crippen LogP contribution >= 0.6 is 15.9 Å². The molecule has 110 valence electrons. The second kappa shape index (κ2) is 6.14. The number of hydrogen-bond donors (Lipinski definition) is 2. The van der Waals surface area contributed by atoms with Crippen LogP contribution in [0.2, 0.25) is 0 Å². The van der Waals surface area contributed by atoms with E-state index in [1.54, 1.807) is 0 Å². The summed E-state index contributed by atoms with van der Waals surface area (Å²) >= 11 is 3.50. The molecule has 2 N–H and O–H groups in total. The van der Waals surface area contributed by atoms with Crippen LogP contribution < -0.4 is 5.32 Å². The summed E-state index contributed by atoms with van der Waals surface area (Å²) in [5.74, 6) is 0. The normalized spacial score (nSPS) is 26.2. The van der Waals surface area contributed by atoms with E-state index in [4.69, 9.17) is 4.74 Å². The minimum atomic E-state index is 0.0255. The second-order valence-corrected chi connectivity index (χ2v) is 6.94. The van der Waals surface area contributed by atoms with Crippen LogP contribution in [-0.2, 0) is 4.74 Å². The van der Waals surface area contributed by atoms with E-state index in [1.165, 1.54) is 12.8 Å². The van der Waals surface area contributed by atoms with E-state index in [0.717, 1.165) is 36.1 Å². The van der Waals surface area contributed by atoms with Gasteiger partial charge in [-0.2, -0.15) is 0 Å². The molecule has 0 radical (unpaired) electrons. The fourth-order valence-electron chi connectivity index (χ4n) is 3.55. The first-order chi connectivity index (χ1) is 9.73. The topological polar surface area (TPSA) is 41.5 Å². The van der Waals surface area contributed by atoms with Crippen LogP contribution in [0.1, 0.15) is 37.3 Å². The van der Waals surface area contributed by atoms with E-state index in [-0.39, 0.29) is 12.6 Å². The Kier molecular flexibility index (Phi) is 4.46. The fourth-order valence-corrected chi connectivity index (χ4v) is 3.97. The van der Waals surface area contributed by atoms with Crippen molar-refractivity contribution in [1.29, 1.82) is 0 Å². The van der Waals surface area contributed by atoms with Gasteiger partial charge < -0.3 is 15.2 Å². The molecule has 0 amide bonds. The van der Waals surface area contributed by atoms with Crippen molar-refractivity contribution in [2.75, 3.05) is 19.8 Å². The Morgan fingerprint density at radius 2 is 2.15 bits per heavy atom. The molecule has 4 heteroatoms. The van der Waals surface area contributed by atoms with Crippen LogP contribution in [0.25, 0.3) is 0 Å². The minimum absolute atomic E-state index is 0.0255. The highest BCUT2D eigenvalue weighted by Crippen LogP contribution is 2.49. The van der Waals surface area contributed by atoms with E-state index in [1.807, 2.05) is 12.1 Å². The highest BCUT2D eigenvalue weighted by molar-refractivity contribution is 9.10. The number of hydrogen-bond acceptors (Lipinski definition) is 3. The summed E-state index contributed by atoms with van der Waals surface area (Å²) < 4.78 is 6.56. The molecule has 1 spiro atoms. The van der Waals surface area contributed by atoms with Gasteiger partial charge in [-0.05, 0) is 48.8 Å². The lowest BCUT2D eigenvalue weighted by atomic mass is 9.60. The number of nitrogens with one attached hydrogen (secondary N) is 1. The Bertz CT molecular complexity index is 460. The summed E-state index contributed by atoms with van der Waals surface area (Å²) in [6, 6.07) is 8.74. The molecule has 2 aliphatic rings. The molecule has 1 saturated heterocycles. The molecule has 1 heterocycles. The van der Waals surface area contributed by atoms with Crippen molar-refractivity contribution < 1.29 is 9.84 Å². The van der Waals surface area contributed by atoms with Gasteiger partial charge in [0.25, 0.3) is 0 Å². The smallest absolute Gasteiger partial charge is 0.0626 e. The van der Waals surface area contributed by atoms with E-state index < -0.39 is 0 Å². The lowest BCUT2D eigenvalue weighted by Gasteiger charge is -2.53. The predicted molar refractivity (Wildman–Crippen MR) is 82.6 cm³/mol. The Balaban J connectivity index is 1.69. The number of rotatable bonds is 4. The Hall–Kier alpha value is -0.420. The largest absolute Gasteiger partial charge is 0.394 e. The van der Waals surface area contributed by atoms with Crippen LogP contribution in [0.3, 0.4) is 0 Å². The first-order valence-corrected chi connectivity index (χ1v) is 8.23. The maximum Gasteiger partial charge on any atom is 0.0626 e. The predicted octanol–water partition coefficient (Wildman–Crippen LogP) is 3.03. The van der Waals surface area contributed by atoms with Crippen molar-refractivity contribution in [2.45, 2.75) is 37.8 Å². The summed E-state index contributed by atoms with van der Waals surface area (Å²) in [5.41, 5.74) is 1.56. The van der Waals surface area contributed by atoms with Crippen LogP contribution in [0, 0.1) is 5.41 Å². The average Bonchev–Trinajstić information content (AvgIpc) is 2.48. The molecule has 1 aromatic rings. The number of benzene rings is 1. The quantitative estimate of drug-likeness (QED) is 0.885. The summed E-state index contributed by atoms with van der Waals surface area (Å²) in [6.07, 6.45) is 4.82. The molecule has 1 saturated carbocycles. The number of aliphatic hydroxyl groups is 1. The molecule has 2 atom stereocenters. The first kappa shape index (κ1) is 14.5. The van der Waals surface area contributed by atoms with Gasteiger partial charge in [0, 0.05) is 23.7 Å². The zero-order valence-electron chi connectivity index (χ0n) is 11.6. The SMILES string of the molecule is OCC(NC1CCC12CCOCC2)c1cccc(Br)c1. The average molecular weight is 340 g/mol. The van der Waals surface area contributed by atoms with Gasteiger partial charge in [0.05, 0.1) is 12.6 Å². The standard InChI is InChI=1S/C16H22BrNO2/c17-13-3-1-2-12(10-13)14(11-19)18-15-4-5-16(15)6-8-20-9-7-16/h1-3,10,14-15,18-19H,4-9,11H2. The molecule has 20 heavy (non-hydrogen) atoms. The molecule has 3 nitrogen and oxygen atoms in total. The first-order valence-electron chi connectivity index (χ1n) is 7.44. The highest BCUT2D eigenvalue weighted by Gasteiger charge is 2.47. The fraction of sp³-hybridized carbons (Fsp3) is 0.625. The minimum Gasteiger partial charge on any atom is -0.394 e. The van der Waals surface area contributed by atoms with Gasteiger partial charge in [-0.15, -0.1) is 0 Å². The molecular weight excluding hydrogens is 318 g/mol. The number of halogens is 1. The molecule has 0 bridgehead atoms. The molecule has 0 aromatic heterocycles. The van der Waals surface area contributed by atoms with Crippen molar-refractivity contribution in [1.82, 2.24) is 5.32 Å². The lowest BCUT2D eigenvalue weighted by Crippen LogP contribution is -2.56. The van der Waals surface area contributed by atoms with E-state index >= 15 is 0 Å². The second-order valence-electron chi connectivity index (χ2n) is 6.02. The Morgan fingerprint density at radius 1 is 1.35 bits per heavy atom. The molecule has 2 unspecified atom stereocenters. The maximum absolute atomic E-state index is 9.72. The zero-order valence-corrected chi connectivity index (χ0v) is 13.2. The van der Waals surface area contributed by atoms with E-state index in [0.29, 0.717) is 11.5 Å². The molecule has 2 fully saturated rings. The van der Waals surface area contributed by atoms with E-state index in [2.05, 4.69) is 33.4 Å². The summed E-state index contributed by atoms with van der Waals surface area (Å²) in [5, 5.41) is 13.4. The molecule has 3 rings (SSSR count). The van der Waals surface area contributed by atoms with Crippen molar-refractivity contribution in [3.8, 4) is 0 Å². The van der Waals surface area contributed by atoms with Gasteiger partial charge in [-0.1, -0.05) is 28.1 Å². The highest BCUT2D eigenvalue weighted by atomic mass is 79.9. The molecule has 1 aliphatic heterocycles. The van der Waals surface area contributed by atoms with Gasteiger partial charge in [0.2, 0.25) is 0 Å². The Morgan fingerprint density at radius 3 is 2.75 bits per heavy atom. The third kappa shape index (κ3) is 2.80. The molecule has 1 aliphatic carbocycles. The van der Waals surface area contributed by atoms with Crippen LogP contribution in [0.4, 0.5) is 0 Å². The van der Waals surface area contributed by atoms with Crippen molar-refractivity contribution in [2.24, 2.45) is 5.41 Å². The zero-order chi connectivity index (χ0) is 14.0. The lowest BCUT2D eigenvalue weighted by molar-refractivity contribution is -0.0594. The monoisotopic (exact) mass is 339 g/mol. The van der Waals surface area contributed by atoms with Crippen molar-refractivity contribution in [3.05, 3.63) is 34.3 Å². The number of aliphatic hydroxyl groups excluding tert-OH is 1. The van der Waals surface area contributed by atoms with Crippen LogP contribution in [-0.4, -0.2) is 31.0 Å². The van der Waals surface area contributed by atoms with Gasteiger partial charge >= 0.3 is 0 Å². The van der Waals surface area contributed by atoms with Crippen molar-refractivity contribution in [3.63, 3.8) is 0 Å². The third-order valence-electron chi connectivity index (χ3n) is 4.99. The Labute approximate surface area is 128 Å². The van der Waals surface area contributed by atoms with Crippen LogP contribution in [0.15, 0.2) is 28.7 Å². The van der Waals surface area contributed by atoms with Crippen LogP contribution in [0.5, 0.6) is 0 Å². The van der Waals surface area contributed by atoms with Crippen molar-refractivity contribution >= 4 is 15.9 Å². The summed E-state index contributed by atoms with van der Waals surface area (Å²) in [4.78, 5) is 0. The maximum atomic E-state index is 9.72. The third-order valence-corrected chi connectivity index (χ3v) is 5.49. The van der Waals surface area contributed by atoms with Gasteiger partial charge in [0.15, 0.2) is 0 Å². The number of ether oxygens (including phenoxy) is 1. The van der Waals surface area contributed by atoms with Gasteiger partial charge in [-0.3, -0.25) is 0 Å². The summed E-state index contributed by atoms with van der Waals surface area (Å²) in [7, 11) is 0. The molecule has 1 aromatic carbocycles.